The van der Waals surface area contributed by atoms with Crippen LogP contribution in [-0.4, -0.2) is 67.7 Å². The highest BCUT2D eigenvalue weighted by atomic mass is 19.1. The van der Waals surface area contributed by atoms with Gasteiger partial charge in [-0.05, 0) is 37.6 Å². The molecule has 1 saturated heterocycles. The lowest BCUT2D eigenvalue weighted by Crippen LogP contribution is -2.60. The van der Waals surface area contributed by atoms with Crippen molar-refractivity contribution in [2.75, 3.05) is 46.4 Å². The zero-order chi connectivity index (χ0) is 19.1. The largest absolute Gasteiger partial charge is 0.379 e. The summed E-state index contributed by atoms with van der Waals surface area (Å²) in [6, 6.07) is 6.54. The van der Waals surface area contributed by atoms with E-state index in [2.05, 4.69) is 10.2 Å². The smallest absolute Gasteiger partial charge is 0.234 e. The number of carbonyl (C=O) groups is 1. The molecule has 150 valence electrons. The van der Waals surface area contributed by atoms with Crippen LogP contribution in [-0.2, 0) is 16.1 Å². The fourth-order valence-electron chi connectivity index (χ4n) is 4.42. The molecule has 1 heterocycles. The lowest BCUT2D eigenvalue weighted by molar-refractivity contribution is -0.123. The molecule has 1 saturated carbocycles. The Kier molecular flexibility index (Phi) is 7.21. The molecular formula is C21H32FN3O2. The van der Waals surface area contributed by atoms with Crippen LogP contribution in [0.15, 0.2) is 24.3 Å². The molecule has 0 bridgehead atoms. The molecule has 1 aromatic rings. The number of nitrogens with one attached hydrogen (secondary N) is 1. The molecule has 0 aromatic heterocycles. The molecule has 0 spiro atoms. The summed E-state index contributed by atoms with van der Waals surface area (Å²) in [6.07, 6.45) is 6.04. The second-order valence-electron chi connectivity index (χ2n) is 7.96. The van der Waals surface area contributed by atoms with Crippen LogP contribution in [0.3, 0.4) is 0 Å². The van der Waals surface area contributed by atoms with Gasteiger partial charge in [0.2, 0.25) is 5.91 Å². The molecular weight excluding hydrogens is 345 g/mol. The predicted octanol–water partition coefficient (Wildman–Crippen LogP) is 2.41. The number of likely N-dealkylation sites (N-methyl/N-ethyl adjacent to an activating group) is 1. The maximum Gasteiger partial charge on any atom is 0.234 e. The van der Waals surface area contributed by atoms with Crippen LogP contribution in [0.4, 0.5) is 4.39 Å². The van der Waals surface area contributed by atoms with Crippen LogP contribution in [0.25, 0.3) is 0 Å². The van der Waals surface area contributed by atoms with Gasteiger partial charge in [-0.2, -0.15) is 0 Å². The minimum absolute atomic E-state index is 0.0344. The van der Waals surface area contributed by atoms with E-state index in [0.29, 0.717) is 19.6 Å². The van der Waals surface area contributed by atoms with Crippen molar-refractivity contribution in [3.8, 4) is 0 Å². The Hall–Kier alpha value is -1.50. The minimum Gasteiger partial charge on any atom is -0.379 e. The Morgan fingerprint density at radius 1 is 1.26 bits per heavy atom. The molecule has 5 nitrogen and oxygen atoms in total. The first-order valence-corrected chi connectivity index (χ1v) is 10.1. The van der Waals surface area contributed by atoms with Gasteiger partial charge in [-0.15, -0.1) is 0 Å². The first kappa shape index (κ1) is 20.2. The molecule has 0 unspecified atom stereocenters. The first-order valence-electron chi connectivity index (χ1n) is 10.1. The first-order chi connectivity index (χ1) is 13.1. The van der Waals surface area contributed by atoms with E-state index in [9.17, 15) is 9.18 Å². The Morgan fingerprint density at radius 3 is 2.70 bits per heavy atom. The fourth-order valence-corrected chi connectivity index (χ4v) is 4.42. The van der Waals surface area contributed by atoms with Gasteiger partial charge in [0.1, 0.15) is 5.82 Å². The van der Waals surface area contributed by atoms with Crippen molar-refractivity contribution < 1.29 is 13.9 Å². The monoisotopic (exact) mass is 377 g/mol. The standard InChI is InChI=1S/C21H32FN3O2/c1-24(15-18-6-5-7-19(22)14-18)16-20(26)23-17-21(8-3-2-4-9-21)25-10-12-27-13-11-25/h5-7,14H,2-4,8-13,15-17H2,1H3,(H,23,26). The topological polar surface area (TPSA) is 44.8 Å². The third kappa shape index (κ3) is 5.74. The molecule has 2 fully saturated rings. The van der Waals surface area contributed by atoms with Gasteiger partial charge in [-0.1, -0.05) is 31.4 Å². The Labute approximate surface area is 161 Å². The van der Waals surface area contributed by atoms with Crippen molar-refractivity contribution in [1.29, 1.82) is 0 Å². The van der Waals surface area contributed by atoms with E-state index in [-0.39, 0.29) is 17.3 Å². The number of amides is 1. The molecule has 3 rings (SSSR count). The minimum atomic E-state index is -0.241. The third-order valence-electron chi connectivity index (χ3n) is 5.84. The predicted molar refractivity (Wildman–Crippen MR) is 104 cm³/mol. The van der Waals surface area contributed by atoms with E-state index in [0.717, 1.165) is 44.7 Å². The highest BCUT2D eigenvalue weighted by Gasteiger charge is 2.38. The van der Waals surface area contributed by atoms with Crippen LogP contribution in [0.1, 0.15) is 37.7 Å². The summed E-state index contributed by atoms with van der Waals surface area (Å²) in [5, 5.41) is 3.18. The molecule has 1 aliphatic carbocycles. The van der Waals surface area contributed by atoms with E-state index in [1.165, 1.54) is 31.4 Å². The fraction of sp³-hybridized carbons (Fsp3) is 0.667. The van der Waals surface area contributed by atoms with Gasteiger partial charge in [-0.3, -0.25) is 14.6 Å². The number of carbonyl (C=O) groups excluding carboxylic acids is 1. The summed E-state index contributed by atoms with van der Waals surface area (Å²) in [7, 11) is 1.89. The Morgan fingerprint density at radius 2 is 2.00 bits per heavy atom. The number of hydrogen-bond donors (Lipinski definition) is 1. The van der Waals surface area contributed by atoms with Gasteiger partial charge in [-0.25, -0.2) is 4.39 Å². The maximum absolute atomic E-state index is 13.3. The van der Waals surface area contributed by atoms with Gasteiger partial charge in [0.15, 0.2) is 0 Å². The SMILES string of the molecule is CN(CC(=O)NCC1(N2CCOCC2)CCCCC1)Cc1cccc(F)c1. The van der Waals surface area contributed by atoms with Gasteiger partial charge in [0.25, 0.3) is 0 Å². The molecule has 1 aromatic carbocycles. The lowest BCUT2D eigenvalue weighted by atomic mass is 9.79. The van der Waals surface area contributed by atoms with Crippen LogP contribution < -0.4 is 5.32 Å². The van der Waals surface area contributed by atoms with Gasteiger partial charge < -0.3 is 10.1 Å². The zero-order valence-electron chi connectivity index (χ0n) is 16.4. The average Bonchev–Trinajstić information content (AvgIpc) is 2.68. The highest BCUT2D eigenvalue weighted by Crippen LogP contribution is 2.33. The van der Waals surface area contributed by atoms with Crippen molar-refractivity contribution >= 4 is 5.91 Å². The van der Waals surface area contributed by atoms with Crippen LogP contribution in [0.5, 0.6) is 0 Å². The number of nitrogens with zero attached hydrogens (tertiary/aromatic N) is 2. The summed E-state index contributed by atoms with van der Waals surface area (Å²) in [6.45, 7) is 5.05. The summed E-state index contributed by atoms with van der Waals surface area (Å²) >= 11 is 0. The average molecular weight is 378 g/mol. The van der Waals surface area contributed by atoms with Gasteiger partial charge >= 0.3 is 0 Å². The van der Waals surface area contributed by atoms with Crippen LogP contribution >= 0.6 is 0 Å². The molecule has 6 heteroatoms. The molecule has 0 radical (unpaired) electrons. The summed E-state index contributed by atoms with van der Waals surface area (Å²) in [4.78, 5) is 17.0. The molecule has 2 aliphatic rings. The van der Waals surface area contributed by atoms with Gasteiger partial charge in [0, 0.05) is 31.7 Å². The van der Waals surface area contributed by atoms with E-state index in [4.69, 9.17) is 4.74 Å². The zero-order valence-corrected chi connectivity index (χ0v) is 16.4. The van der Waals surface area contributed by atoms with E-state index in [1.54, 1.807) is 6.07 Å². The Balaban J connectivity index is 1.51. The van der Waals surface area contributed by atoms with E-state index < -0.39 is 0 Å². The van der Waals surface area contributed by atoms with Crippen molar-refractivity contribution in [1.82, 2.24) is 15.1 Å². The number of morpholine rings is 1. The number of halogens is 1. The van der Waals surface area contributed by atoms with Crippen LogP contribution in [0, 0.1) is 5.82 Å². The molecule has 1 N–H and O–H groups in total. The number of benzene rings is 1. The van der Waals surface area contributed by atoms with Gasteiger partial charge in [0.05, 0.1) is 19.8 Å². The van der Waals surface area contributed by atoms with Crippen molar-refractivity contribution in [3.63, 3.8) is 0 Å². The van der Waals surface area contributed by atoms with Crippen molar-refractivity contribution in [2.24, 2.45) is 0 Å². The molecule has 0 atom stereocenters. The van der Waals surface area contributed by atoms with E-state index >= 15 is 0 Å². The molecule has 27 heavy (non-hydrogen) atoms. The highest BCUT2D eigenvalue weighted by molar-refractivity contribution is 5.78. The number of ether oxygens (including phenoxy) is 1. The number of hydrogen-bond acceptors (Lipinski definition) is 4. The lowest BCUT2D eigenvalue weighted by Gasteiger charge is -2.48. The molecule has 1 amide bonds. The normalized spacial score (nSPS) is 20.6. The van der Waals surface area contributed by atoms with Crippen molar-refractivity contribution in [3.05, 3.63) is 35.6 Å². The maximum atomic E-state index is 13.3. The van der Waals surface area contributed by atoms with Crippen LogP contribution in [0.2, 0.25) is 0 Å². The second kappa shape index (κ2) is 9.62. The van der Waals surface area contributed by atoms with E-state index in [1.807, 2.05) is 18.0 Å². The quantitative estimate of drug-likeness (QED) is 0.793. The molecule has 1 aliphatic heterocycles. The Bertz CT molecular complexity index is 613. The summed E-state index contributed by atoms with van der Waals surface area (Å²) in [5.41, 5.74) is 0.959. The summed E-state index contributed by atoms with van der Waals surface area (Å²) < 4.78 is 18.8. The number of rotatable bonds is 7. The second-order valence-corrected chi connectivity index (χ2v) is 7.96. The third-order valence-corrected chi connectivity index (χ3v) is 5.84. The van der Waals surface area contributed by atoms with Crippen molar-refractivity contribution in [2.45, 2.75) is 44.2 Å². The summed E-state index contributed by atoms with van der Waals surface area (Å²) in [5.74, 6) is -0.206.